The van der Waals surface area contributed by atoms with Gasteiger partial charge < -0.3 is 10.1 Å². The number of hydrogen-bond donors (Lipinski definition) is 1. The van der Waals surface area contributed by atoms with Gasteiger partial charge in [-0.15, -0.1) is 0 Å². The molecule has 1 heterocycles. The quantitative estimate of drug-likeness (QED) is 0.608. The molecule has 8 nitrogen and oxygen atoms in total. The van der Waals surface area contributed by atoms with Gasteiger partial charge in [-0.3, -0.25) is 15.0 Å². The van der Waals surface area contributed by atoms with Crippen LogP contribution in [0.15, 0.2) is 23.1 Å². The standard InChI is InChI=1S/C15H23N3O5S/c1-11(12(2)17-6-8-23-9-7-17)16-14-5-4-13(18(19)20)10-15(14)24(3,21)22/h4-5,10-12,16H,6-9H2,1-3H3. The molecule has 0 bridgehead atoms. The molecule has 0 aliphatic carbocycles. The van der Waals surface area contributed by atoms with Gasteiger partial charge in [0, 0.05) is 43.6 Å². The van der Waals surface area contributed by atoms with Crippen molar-refractivity contribution in [3.05, 3.63) is 28.3 Å². The van der Waals surface area contributed by atoms with E-state index in [1.165, 1.54) is 12.1 Å². The van der Waals surface area contributed by atoms with E-state index in [-0.39, 0.29) is 22.7 Å². The monoisotopic (exact) mass is 357 g/mol. The third kappa shape index (κ3) is 4.43. The molecule has 1 aliphatic heterocycles. The third-order valence-corrected chi connectivity index (χ3v) is 5.44. The number of benzene rings is 1. The zero-order chi connectivity index (χ0) is 17.9. The Labute approximate surface area is 141 Å². The summed E-state index contributed by atoms with van der Waals surface area (Å²) in [5.74, 6) is 0. The minimum atomic E-state index is -3.59. The summed E-state index contributed by atoms with van der Waals surface area (Å²) in [6.07, 6.45) is 1.05. The maximum absolute atomic E-state index is 12.0. The maximum Gasteiger partial charge on any atom is 0.270 e. The maximum atomic E-state index is 12.0. The molecule has 0 spiro atoms. The second-order valence-corrected chi connectivity index (χ2v) is 8.02. The van der Waals surface area contributed by atoms with Crippen molar-refractivity contribution in [2.24, 2.45) is 0 Å². The minimum Gasteiger partial charge on any atom is -0.380 e. The molecular weight excluding hydrogens is 334 g/mol. The lowest BCUT2D eigenvalue weighted by Crippen LogP contribution is -2.48. The van der Waals surface area contributed by atoms with Crippen molar-refractivity contribution in [3.8, 4) is 0 Å². The van der Waals surface area contributed by atoms with Crippen molar-refractivity contribution >= 4 is 21.2 Å². The van der Waals surface area contributed by atoms with Crippen LogP contribution < -0.4 is 5.32 Å². The van der Waals surface area contributed by atoms with E-state index in [9.17, 15) is 18.5 Å². The summed E-state index contributed by atoms with van der Waals surface area (Å²) in [5, 5.41) is 14.1. The van der Waals surface area contributed by atoms with Gasteiger partial charge in [-0.05, 0) is 19.9 Å². The van der Waals surface area contributed by atoms with Gasteiger partial charge in [0.15, 0.2) is 9.84 Å². The Morgan fingerprint density at radius 1 is 1.29 bits per heavy atom. The average molecular weight is 357 g/mol. The van der Waals surface area contributed by atoms with Gasteiger partial charge in [-0.2, -0.15) is 0 Å². The molecule has 0 saturated carbocycles. The van der Waals surface area contributed by atoms with Gasteiger partial charge >= 0.3 is 0 Å². The van der Waals surface area contributed by atoms with Crippen molar-refractivity contribution in [3.63, 3.8) is 0 Å². The zero-order valence-electron chi connectivity index (χ0n) is 14.1. The van der Waals surface area contributed by atoms with Crippen LogP contribution in [0.3, 0.4) is 0 Å². The van der Waals surface area contributed by atoms with Gasteiger partial charge in [-0.1, -0.05) is 0 Å². The van der Waals surface area contributed by atoms with E-state index >= 15 is 0 Å². The molecule has 1 aromatic rings. The second-order valence-electron chi connectivity index (χ2n) is 6.03. The number of sulfone groups is 1. The average Bonchev–Trinajstić information content (AvgIpc) is 2.54. The molecule has 24 heavy (non-hydrogen) atoms. The van der Waals surface area contributed by atoms with Crippen LogP contribution in [0.25, 0.3) is 0 Å². The van der Waals surface area contributed by atoms with Crippen molar-refractivity contribution in [1.82, 2.24) is 4.90 Å². The van der Waals surface area contributed by atoms with Crippen LogP contribution in [0.4, 0.5) is 11.4 Å². The predicted octanol–water partition coefficient (Wildman–Crippen LogP) is 1.52. The molecule has 2 rings (SSSR count). The second kappa shape index (κ2) is 7.45. The van der Waals surface area contributed by atoms with Crippen LogP contribution >= 0.6 is 0 Å². The molecule has 1 saturated heterocycles. The van der Waals surface area contributed by atoms with Gasteiger partial charge in [0.05, 0.1) is 28.7 Å². The van der Waals surface area contributed by atoms with Crippen LogP contribution in [0.5, 0.6) is 0 Å². The topological polar surface area (TPSA) is 102 Å². The number of nitrogens with zero attached hydrogens (tertiary/aromatic N) is 2. The highest BCUT2D eigenvalue weighted by Crippen LogP contribution is 2.27. The molecule has 2 atom stereocenters. The fourth-order valence-electron chi connectivity index (χ4n) is 2.72. The molecular formula is C15H23N3O5S. The lowest BCUT2D eigenvalue weighted by Gasteiger charge is -2.36. The SMILES string of the molecule is CC(Nc1ccc([N+](=O)[O-])cc1S(C)(=O)=O)C(C)N1CCOCC1. The van der Waals surface area contributed by atoms with E-state index in [1.807, 2.05) is 6.92 Å². The highest BCUT2D eigenvalue weighted by Gasteiger charge is 2.24. The fourth-order valence-corrected chi connectivity index (χ4v) is 3.58. The molecule has 134 valence electrons. The molecule has 9 heteroatoms. The first kappa shape index (κ1) is 18.6. The van der Waals surface area contributed by atoms with Crippen LogP contribution in [0.1, 0.15) is 13.8 Å². The summed E-state index contributed by atoms with van der Waals surface area (Å²) in [6, 6.07) is 3.99. The zero-order valence-corrected chi connectivity index (χ0v) is 14.9. The Morgan fingerprint density at radius 3 is 2.46 bits per heavy atom. The summed E-state index contributed by atoms with van der Waals surface area (Å²) < 4.78 is 29.3. The number of non-ortho nitro benzene ring substituents is 1. The number of hydrogen-bond acceptors (Lipinski definition) is 7. The van der Waals surface area contributed by atoms with E-state index < -0.39 is 14.8 Å². The molecule has 2 unspecified atom stereocenters. The highest BCUT2D eigenvalue weighted by molar-refractivity contribution is 7.90. The van der Waals surface area contributed by atoms with Gasteiger partial charge in [0.2, 0.25) is 0 Å². The van der Waals surface area contributed by atoms with Crippen LogP contribution in [0, 0.1) is 10.1 Å². The minimum absolute atomic E-state index is 0.0370. The third-order valence-electron chi connectivity index (χ3n) is 4.30. The molecule has 1 aliphatic rings. The Kier molecular flexibility index (Phi) is 5.79. The number of morpholine rings is 1. The molecule has 0 radical (unpaired) electrons. The molecule has 0 aromatic heterocycles. The van der Waals surface area contributed by atoms with Crippen LogP contribution in [-0.4, -0.2) is 62.9 Å². The first-order valence-corrected chi connectivity index (χ1v) is 9.66. The number of rotatable bonds is 6. The van der Waals surface area contributed by atoms with E-state index in [2.05, 4.69) is 17.1 Å². The largest absolute Gasteiger partial charge is 0.380 e. The van der Waals surface area contributed by atoms with Gasteiger partial charge in [-0.25, -0.2) is 8.42 Å². The Morgan fingerprint density at radius 2 is 1.92 bits per heavy atom. The number of nitro benzene ring substituents is 1. The lowest BCUT2D eigenvalue weighted by atomic mass is 10.1. The van der Waals surface area contributed by atoms with E-state index in [1.54, 1.807) is 0 Å². The highest BCUT2D eigenvalue weighted by atomic mass is 32.2. The Hall–Kier alpha value is -1.71. The van der Waals surface area contributed by atoms with Gasteiger partial charge in [0.1, 0.15) is 0 Å². The molecule has 1 aromatic carbocycles. The number of anilines is 1. The number of ether oxygens (including phenoxy) is 1. The van der Waals surface area contributed by atoms with E-state index in [0.717, 1.165) is 25.4 Å². The fraction of sp³-hybridized carbons (Fsp3) is 0.600. The summed E-state index contributed by atoms with van der Waals surface area (Å²) in [6.45, 7) is 7.05. The van der Waals surface area contributed by atoms with Gasteiger partial charge in [0.25, 0.3) is 5.69 Å². The van der Waals surface area contributed by atoms with E-state index in [0.29, 0.717) is 18.9 Å². The summed E-state index contributed by atoms with van der Waals surface area (Å²) in [7, 11) is -3.59. The number of nitro groups is 1. The Bertz CT molecular complexity index is 701. The summed E-state index contributed by atoms with van der Waals surface area (Å²) in [4.78, 5) is 12.5. The molecule has 1 N–H and O–H groups in total. The molecule has 0 amide bonds. The summed E-state index contributed by atoms with van der Waals surface area (Å²) >= 11 is 0. The summed E-state index contributed by atoms with van der Waals surface area (Å²) in [5.41, 5.74) is 0.144. The smallest absolute Gasteiger partial charge is 0.270 e. The van der Waals surface area contributed by atoms with Crippen molar-refractivity contribution < 1.29 is 18.1 Å². The number of nitrogens with one attached hydrogen (secondary N) is 1. The van der Waals surface area contributed by atoms with Crippen LogP contribution in [-0.2, 0) is 14.6 Å². The van der Waals surface area contributed by atoms with Crippen LogP contribution in [0.2, 0.25) is 0 Å². The normalized spacial score (nSPS) is 18.8. The first-order valence-electron chi connectivity index (χ1n) is 7.77. The van der Waals surface area contributed by atoms with Crippen molar-refractivity contribution in [2.75, 3.05) is 37.9 Å². The molecule has 1 fully saturated rings. The van der Waals surface area contributed by atoms with Crippen molar-refractivity contribution in [2.45, 2.75) is 30.8 Å². The predicted molar refractivity (Wildman–Crippen MR) is 91.1 cm³/mol. The first-order chi connectivity index (χ1) is 11.2. The Balaban J connectivity index is 2.23. The lowest BCUT2D eigenvalue weighted by molar-refractivity contribution is -0.385. The van der Waals surface area contributed by atoms with Crippen molar-refractivity contribution in [1.29, 1.82) is 0 Å². The van der Waals surface area contributed by atoms with E-state index in [4.69, 9.17) is 4.74 Å².